The molecule has 0 radical (unpaired) electrons. The van der Waals surface area contributed by atoms with Crippen LogP contribution in [-0.4, -0.2) is 33.1 Å². The first-order chi connectivity index (χ1) is 10.1. The first-order valence-electron chi connectivity index (χ1n) is 7.58. The number of carboxylic acid groups (broad SMARTS) is 1. The van der Waals surface area contributed by atoms with E-state index in [9.17, 15) is 14.3 Å². The Morgan fingerprint density at radius 3 is 2.81 bits per heavy atom. The van der Waals surface area contributed by atoms with Crippen LogP contribution >= 0.6 is 0 Å². The Morgan fingerprint density at radius 1 is 1.29 bits per heavy atom. The Hall–Kier alpha value is -1.72. The second-order valence-corrected chi connectivity index (χ2v) is 6.05. The number of hydrogen-bond donors (Lipinski definition) is 1. The molecule has 1 aliphatic heterocycles. The monoisotopic (exact) mass is 293 g/mol. The Morgan fingerprint density at radius 2 is 2.05 bits per heavy atom. The van der Waals surface area contributed by atoms with Crippen LogP contribution in [0, 0.1) is 18.7 Å². The van der Waals surface area contributed by atoms with Gasteiger partial charge >= 0.3 is 5.97 Å². The van der Waals surface area contributed by atoms with Crippen LogP contribution in [0.5, 0.6) is 0 Å². The molecule has 1 aromatic heterocycles. The van der Waals surface area contributed by atoms with Crippen LogP contribution in [0.3, 0.4) is 0 Å². The third-order valence-electron chi connectivity index (χ3n) is 4.85. The van der Waals surface area contributed by atoms with Gasteiger partial charge in [-0.3, -0.25) is 0 Å². The lowest BCUT2D eigenvalue weighted by atomic mass is 9.76. The summed E-state index contributed by atoms with van der Waals surface area (Å²) in [5.74, 6) is -0.778. The zero-order valence-corrected chi connectivity index (χ0v) is 12.1. The number of aromatic nitrogens is 2. The third kappa shape index (κ3) is 2.47. The molecule has 2 heterocycles. The maximum absolute atomic E-state index is 14.4. The van der Waals surface area contributed by atoms with Crippen molar-refractivity contribution in [1.82, 2.24) is 9.97 Å². The lowest BCUT2D eigenvalue weighted by molar-refractivity contribution is -0.139. The second kappa shape index (κ2) is 5.58. The van der Waals surface area contributed by atoms with Gasteiger partial charge in [-0.1, -0.05) is 12.8 Å². The molecule has 1 saturated heterocycles. The molecule has 6 heteroatoms. The molecule has 1 aliphatic carbocycles. The molecule has 3 rings (SSSR count). The standard InChI is InChI=1S/C15H20FN3O2/c1-9-13(16)14(18-8-17-9)19-11-5-3-2-4-10(11)6-7-12(19)15(20)21/h8,10-12H,2-7H2,1H3,(H,20,21). The molecule has 3 atom stereocenters. The average molecular weight is 293 g/mol. The van der Waals surface area contributed by atoms with E-state index in [1.165, 1.54) is 12.7 Å². The first-order valence-corrected chi connectivity index (χ1v) is 7.58. The van der Waals surface area contributed by atoms with Crippen LogP contribution in [0.1, 0.15) is 44.2 Å². The first kappa shape index (κ1) is 14.2. The second-order valence-electron chi connectivity index (χ2n) is 6.05. The molecular weight excluding hydrogens is 273 g/mol. The van der Waals surface area contributed by atoms with Gasteiger partial charge in [-0.2, -0.15) is 0 Å². The van der Waals surface area contributed by atoms with Crippen molar-refractivity contribution in [2.24, 2.45) is 5.92 Å². The highest BCUT2D eigenvalue weighted by atomic mass is 19.1. The number of carboxylic acids is 1. The van der Waals surface area contributed by atoms with E-state index in [1.54, 1.807) is 11.8 Å². The van der Waals surface area contributed by atoms with Crippen LogP contribution in [0.15, 0.2) is 6.33 Å². The van der Waals surface area contributed by atoms with E-state index in [2.05, 4.69) is 9.97 Å². The number of hydrogen-bond acceptors (Lipinski definition) is 4. The summed E-state index contributed by atoms with van der Waals surface area (Å²) in [5, 5.41) is 9.51. The minimum Gasteiger partial charge on any atom is -0.480 e. The number of anilines is 1. The summed E-state index contributed by atoms with van der Waals surface area (Å²) in [7, 11) is 0. The van der Waals surface area contributed by atoms with Gasteiger partial charge in [0.2, 0.25) is 0 Å². The number of halogens is 1. The number of nitrogens with zero attached hydrogens (tertiary/aromatic N) is 3. The summed E-state index contributed by atoms with van der Waals surface area (Å²) < 4.78 is 14.4. The molecule has 21 heavy (non-hydrogen) atoms. The Bertz CT molecular complexity index is 552. The fourth-order valence-corrected chi connectivity index (χ4v) is 3.81. The van der Waals surface area contributed by atoms with Gasteiger partial charge in [0.25, 0.3) is 0 Å². The molecule has 0 aromatic carbocycles. The molecule has 0 spiro atoms. The SMILES string of the molecule is Cc1ncnc(N2C(C(=O)O)CCC3CCCCC32)c1F. The number of fused-ring (bicyclic) bond motifs is 1. The van der Waals surface area contributed by atoms with E-state index in [1.807, 2.05) is 0 Å². The van der Waals surface area contributed by atoms with E-state index in [0.29, 0.717) is 12.3 Å². The largest absolute Gasteiger partial charge is 0.480 e. The summed E-state index contributed by atoms with van der Waals surface area (Å²) in [5.41, 5.74) is 0.266. The zero-order valence-electron chi connectivity index (χ0n) is 12.1. The molecule has 1 aromatic rings. The molecule has 0 bridgehead atoms. The van der Waals surface area contributed by atoms with Crippen LogP contribution in [0.25, 0.3) is 0 Å². The van der Waals surface area contributed by atoms with E-state index in [0.717, 1.165) is 25.7 Å². The van der Waals surface area contributed by atoms with Crippen molar-refractivity contribution >= 4 is 11.8 Å². The van der Waals surface area contributed by atoms with Gasteiger partial charge in [0, 0.05) is 6.04 Å². The third-order valence-corrected chi connectivity index (χ3v) is 4.85. The molecule has 3 unspecified atom stereocenters. The van der Waals surface area contributed by atoms with Gasteiger partial charge in [0.1, 0.15) is 12.4 Å². The van der Waals surface area contributed by atoms with Gasteiger partial charge in [-0.25, -0.2) is 19.2 Å². The summed E-state index contributed by atoms with van der Waals surface area (Å²) in [6.45, 7) is 1.58. The van der Waals surface area contributed by atoms with Crippen molar-refractivity contribution in [2.45, 2.75) is 57.5 Å². The van der Waals surface area contributed by atoms with E-state index in [-0.39, 0.29) is 17.6 Å². The van der Waals surface area contributed by atoms with Crippen LogP contribution in [0.2, 0.25) is 0 Å². The average Bonchev–Trinajstić information content (AvgIpc) is 2.49. The Balaban J connectivity index is 2.03. The predicted octanol–water partition coefficient (Wildman–Crippen LogP) is 2.54. The Kier molecular flexibility index (Phi) is 3.78. The fourth-order valence-electron chi connectivity index (χ4n) is 3.81. The highest BCUT2D eigenvalue weighted by molar-refractivity contribution is 5.78. The molecule has 2 aliphatic rings. The van der Waals surface area contributed by atoms with Gasteiger partial charge in [-0.05, 0) is 38.5 Å². The van der Waals surface area contributed by atoms with Gasteiger partial charge in [0.15, 0.2) is 11.6 Å². The van der Waals surface area contributed by atoms with Crippen LogP contribution < -0.4 is 4.90 Å². The molecule has 1 N–H and O–H groups in total. The minimum absolute atomic E-state index is 0.0809. The lowest BCUT2D eigenvalue weighted by Gasteiger charge is -2.47. The van der Waals surface area contributed by atoms with E-state index in [4.69, 9.17) is 0 Å². The number of rotatable bonds is 2. The summed E-state index contributed by atoms with van der Waals surface area (Å²) >= 11 is 0. The lowest BCUT2D eigenvalue weighted by Crippen LogP contribution is -2.56. The van der Waals surface area contributed by atoms with Crippen molar-refractivity contribution in [3.63, 3.8) is 0 Å². The van der Waals surface area contributed by atoms with E-state index >= 15 is 0 Å². The molecule has 2 fully saturated rings. The van der Waals surface area contributed by atoms with Gasteiger partial charge in [-0.15, -0.1) is 0 Å². The summed E-state index contributed by atoms with van der Waals surface area (Å²) in [4.78, 5) is 21.2. The molecule has 114 valence electrons. The molecule has 5 nitrogen and oxygen atoms in total. The topological polar surface area (TPSA) is 66.3 Å². The quantitative estimate of drug-likeness (QED) is 0.907. The van der Waals surface area contributed by atoms with Gasteiger partial charge in [0.05, 0.1) is 5.69 Å². The zero-order chi connectivity index (χ0) is 15.0. The Labute approximate surface area is 123 Å². The molecular formula is C15H20FN3O2. The summed E-state index contributed by atoms with van der Waals surface area (Å²) in [6, 6.07) is -0.606. The van der Waals surface area contributed by atoms with Gasteiger partial charge < -0.3 is 10.0 Å². The maximum atomic E-state index is 14.4. The number of piperidine rings is 1. The highest BCUT2D eigenvalue weighted by Gasteiger charge is 2.43. The number of aryl methyl sites for hydroxylation is 1. The fraction of sp³-hybridized carbons (Fsp3) is 0.667. The van der Waals surface area contributed by atoms with Crippen LogP contribution in [0.4, 0.5) is 10.2 Å². The number of aliphatic carboxylic acids is 1. The predicted molar refractivity (Wildman–Crippen MR) is 75.6 cm³/mol. The molecule has 0 amide bonds. The highest BCUT2D eigenvalue weighted by Crippen LogP contribution is 2.40. The number of carbonyl (C=O) groups is 1. The smallest absolute Gasteiger partial charge is 0.326 e. The van der Waals surface area contributed by atoms with Crippen molar-refractivity contribution in [2.75, 3.05) is 4.90 Å². The minimum atomic E-state index is -0.894. The molecule has 1 saturated carbocycles. The van der Waals surface area contributed by atoms with Crippen molar-refractivity contribution in [3.8, 4) is 0 Å². The van der Waals surface area contributed by atoms with Crippen molar-refractivity contribution in [1.29, 1.82) is 0 Å². The van der Waals surface area contributed by atoms with E-state index < -0.39 is 17.8 Å². The van der Waals surface area contributed by atoms with Crippen molar-refractivity contribution in [3.05, 3.63) is 17.8 Å². The normalized spacial score (nSPS) is 29.0. The van der Waals surface area contributed by atoms with Crippen molar-refractivity contribution < 1.29 is 14.3 Å². The van der Waals surface area contributed by atoms with Crippen LogP contribution in [-0.2, 0) is 4.79 Å². The maximum Gasteiger partial charge on any atom is 0.326 e. The summed E-state index contributed by atoms with van der Waals surface area (Å²) in [6.07, 6.45) is 7.03.